The van der Waals surface area contributed by atoms with Crippen molar-refractivity contribution in [3.8, 4) is 0 Å². The van der Waals surface area contributed by atoms with Gasteiger partial charge in [0.25, 0.3) is 0 Å². The Labute approximate surface area is 155 Å². The molecular formula is C17H16ClN3O4S. The zero-order valence-corrected chi connectivity index (χ0v) is 15.4. The highest BCUT2D eigenvalue weighted by atomic mass is 35.5. The second kappa shape index (κ2) is 7.45. The number of hydrogen-bond donors (Lipinski definition) is 2. The summed E-state index contributed by atoms with van der Waals surface area (Å²) in [6.45, 7) is 1.69. The standard InChI is InChI=1S/C17H16ClN3O4S/c1-11-20-14-10-12(6-7-15(14)25-11)21-17(22)8-9-19-26(23,24)16-5-3-2-4-13(16)18/h2-7,10,19H,8-9H2,1H3,(H,21,22). The van der Waals surface area contributed by atoms with Gasteiger partial charge in [0, 0.05) is 25.6 Å². The fourth-order valence-corrected chi connectivity index (χ4v) is 3.93. The molecule has 2 aromatic carbocycles. The van der Waals surface area contributed by atoms with Crippen LogP contribution in [0.2, 0.25) is 5.02 Å². The summed E-state index contributed by atoms with van der Waals surface area (Å²) < 4.78 is 32.1. The molecule has 1 heterocycles. The summed E-state index contributed by atoms with van der Waals surface area (Å²) in [6, 6.07) is 11.2. The molecule has 0 bridgehead atoms. The number of aryl methyl sites for hydroxylation is 1. The maximum Gasteiger partial charge on any atom is 0.242 e. The van der Waals surface area contributed by atoms with E-state index in [-0.39, 0.29) is 28.8 Å². The van der Waals surface area contributed by atoms with E-state index in [2.05, 4.69) is 15.0 Å². The number of carbonyl (C=O) groups is 1. The van der Waals surface area contributed by atoms with Crippen LogP contribution in [-0.4, -0.2) is 25.9 Å². The number of sulfonamides is 1. The van der Waals surface area contributed by atoms with E-state index in [4.69, 9.17) is 16.0 Å². The number of oxazole rings is 1. The van der Waals surface area contributed by atoms with Gasteiger partial charge in [0.15, 0.2) is 11.5 Å². The van der Waals surface area contributed by atoms with Crippen LogP contribution in [0.4, 0.5) is 5.69 Å². The predicted octanol–water partition coefficient (Wildman–Crippen LogP) is 3.10. The van der Waals surface area contributed by atoms with Crippen molar-refractivity contribution in [3.63, 3.8) is 0 Å². The van der Waals surface area contributed by atoms with E-state index in [0.717, 1.165) is 0 Å². The molecule has 0 saturated carbocycles. The molecule has 0 aliphatic heterocycles. The van der Waals surface area contributed by atoms with Crippen LogP contribution in [0, 0.1) is 6.92 Å². The number of rotatable bonds is 6. The molecule has 0 aliphatic carbocycles. The minimum absolute atomic E-state index is 0.0195. The maximum absolute atomic E-state index is 12.2. The number of anilines is 1. The van der Waals surface area contributed by atoms with Crippen molar-refractivity contribution in [1.29, 1.82) is 0 Å². The third kappa shape index (κ3) is 4.21. The van der Waals surface area contributed by atoms with Crippen LogP contribution in [0.1, 0.15) is 12.3 Å². The van der Waals surface area contributed by atoms with E-state index in [1.807, 2.05) is 0 Å². The van der Waals surface area contributed by atoms with Gasteiger partial charge in [0.2, 0.25) is 15.9 Å². The lowest BCUT2D eigenvalue weighted by Crippen LogP contribution is -2.28. The first kappa shape index (κ1) is 18.4. The van der Waals surface area contributed by atoms with Crippen LogP contribution in [0.15, 0.2) is 51.8 Å². The van der Waals surface area contributed by atoms with Gasteiger partial charge in [-0.2, -0.15) is 0 Å². The SMILES string of the molecule is Cc1nc2cc(NC(=O)CCNS(=O)(=O)c3ccccc3Cl)ccc2o1. The van der Waals surface area contributed by atoms with E-state index >= 15 is 0 Å². The third-order valence-corrected chi connectivity index (χ3v) is 5.51. The van der Waals surface area contributed by atoms with E-state index in [1.54, 1.807) is 37.3 Å². The van der Waals surface area contributed by atoms with Gasteiger partial charge < -0.3 is 9.73 Å². The second-order valence-corrected chi connectivity index (χ2v) is 7.68. The summed E-state index contributed by atoms with van der Waals surface area (Å²) >= 11 is 5.89. The monoisotopic (exact) mass is 393 g/mol. The summed E-state index contributed by atoms with van der Waals surface area (Å²) in [6.07, 6.45) is -0.0282. The van der Waals surface area contributed by atoms with Crippen LogP contribution < -0.4 is 10.0 Å². The summed E-state index contributed by atoms with van der Waals surface area (Å²) in [7, 11) is -3.77. The largest absolute Gasteiger partial charge is 0.441 e. The fraction of sp³-hybridized carbons (Fsp3) is 0.176. The molecule has 0 fully saturated rings. The Morgan fingerprint density at radius 3 is 2.77 bits per heavy atom. The normalized spacial score (nSPS) is 11.6. The molecule has 2 N–H and O–H groups in total. The van der Waals surface area contributed by atoms with Crippen LogP contribution in [0.3, 0.4) is 0 Å². The van der Waals surface area contributed by atoms with Crippen molar-refractivity contribution in [3.05, 3.63) is 53.4 Å². The smallest absolute Gasteiger partial charge is 0.242 e. The Hall–Kier alpha value is -2.42. The van der Waals surface area contributed by atoms with Crippen LogP contribution in [-0.2, 0) is 14.8 Å². The minimum Gasteiger partial charge on any atom is -0.441 e. The Kier molecular flexibility index (Phi) is 5.26. The number of carbonyl (C=O) groups excluding carboxylic acids is 1. The van der Waals surface area contributed by atoms with Crippen LogP contribution in [0.5, 0.6) is 0 Å². The van der Waals surface area contributed by atoms with Gasteiger partial charge in [-0.15, -0.1) is 0 Å². The number of nitrogens with one attached hydrogen (secondary N) is 2. The van der Waals surface area contributed by atoms with Gasteiger partial charge in [-0.25, -0.2) is 18.1 Å². The molecule has 26 heavy (non-hydrogen) atoms. The lowest BCUT2D eigenvalue weighted by molar-refractivity contribution is -0.116. The molecule has 0 spiro atoms. The first-order valence-electron chi connectivity index (χ1n) is 7.76. The lowest BCUT2D eigenvalue weighted by atomic mass is 10.2. The molecule has 0 radical (unpaired) electrons. The fourth-order valence-electron chi connectivity index (χ4n) is 2.38. The lowest BCUT2D eigenvalue weighted by Gasteiger charge is -2.08. The van der Waals surface area contributed by atoms with Gasteiger partial charge in [-0.3, -0.25) is 4.79 Å². The number of hydrogen-bond acceptors (Lipinski definition) is 5. The van der Waals surface area contributed by atoms with Gasteiger partial charge >= 0.3 is 0 Å². The first-order chi connectivity index (χ1) is 12.3. The van der Waals surface area contributed by atoms with Gasteiger partial charge in [0.1, 0.15) is 10.4 Å². The minimum atomic E-state index is -3.77. The number of benzene rings is 2. The molecule has 136 valence electrons. The molecule has 9 heteroatoms. The Bertz CT molecular complexity index is 1060. The van der Waals surface area contributed by atoms with Gasteiger partial charge in [0.05, 0.1) is 5.02 Å². The predicted molar refractivity (Wildman–Crippen MR) is 98.6 cm³/mol. The highest BCUT2D eigenvalue weighted by molar-refractivity contribution is 7.89. The molecule has 3 rings (SSSR count). The van der Waals surface area contributed by atoms with Crippen LogP contribution in [0.25, 0.3) is 11.1 Å². The van der Waals surface area contributed by atoms with Crippen molar-refractivity contribution < 1.29 is 17.6 Å². The number of amides is 1. The second-order valence-electron chi connectivity index (χ2n) is 5.54. The number of aromatic nitrogens is 1. The Balaban J connectivity index is 1.57. The van der Waals surface area contributed by atoms with Gasteiger partial charge in [-0.05, 0) is 30.3 Å². The van der Waals surface area contributed by atoms with Crippen molar-refractivity contribution in [2.45, 2.75) is 18.2 Å². The molecule has 7 nitrogen and oxygen atoms in total. The zero-order valence-electron chi connectivity index (χ0n) is 13.8. The quantitative estimate of drug-likeness (QED) is 0.670. The summed E-state index contributed by atoms with van der Waals surface area (Å²) in [5.74, 6) is 0.212. The van der Waals surface area contributed by atoms with Crippen molar-refractivity contribution >= 4 is 44.3 Å². The Morgan fingerprint density at radius 2 is 2.00 bits per heavy atom. The molecule has 0 aliphatic rings. The summed E-state index contributed by atoms with van der Waals surface area (Å²) in [4.78, 5) is 16.2. The third-order valence-electron chi connectivity index (χ3n) is 3.55. The van der Waals surface area contributed by atoms with E-state index in [9.17, 15) is 13.2 Å². The molecule has 3 aromatic rings. The molecule has 0 atom stereocenters. The highest BCUT2D eigenvalue weighted by Gasteiger charge is 2.17. The first-order valence-corrected chi connectivity index (χ1v) is 9.62. The number of nitrogens with zero attached hydrogens (tertiary/aromatic N) is 1. The summed E-state index contributed by atoms with van der Waals surface area (Å²) in [5.41, 5.74) is 1.83. The van der Waals surface area contributed by atoms with Crippen molar-refractivity contribution in [2.75, 3.05) is 11.9 Å². The van der Waals surface area contributed by atoms with E-state index in [1.165, 1.54) is 12.1 Å². The molecule has 1 aromatic heterocycles. The van der Waals surface area contributed by atoms with Crippen molar-refractivity contribution in [2.24, 2.45) is 0 Å². The Morgan fingerprint density at radius 1 is 1.23 bits per heavy atom. The molecule has 0 unspecified atom stereocenters. The number of halogens is 1. The maximum atomic E-state index is 12.2. The topological polar surface area (TPSA) is 101 Å². The van der Waals surface area contributed by atoms with E-state index in [0.29, 0.717) is 22.7 Å². The van der Waals surface area contributed by atoms with Gasteiger partial charge in [-0.1, -0.05) is 23.7 Å². The van der Waals surface area contributed by atoms with Crippen LogP contribution >= 0.6 is 11.6 Å². The van der Waals surface area contributed by atoms with Crippen molar-refractivity contribution in [1.82, 2.24) is 9.71 Å². The molecule has 0 saturated heterocycles. The molecule has 1 amide bonds. The average Bonchev–Trinajstić information content (AvgIpc) is 2.94. The van der Waals surface area contributed by atoms with E-state index < -0.39 is 10.0 Å². The summed E-state index contributed by atoms with van der Waals surface area (Å²) in [5, 5.41) is 2.82. The molecular weight excluding hydrogens is 378 g/mol. The number of fused-ring (bicyclic) bond motifs is 1. The highest BCUT2D eigenvalue weighted by Crippen LogP contribution is 2.21. The average molecular weight is 394 g/mol. The zero-order chi connectivity index (χ0) is 18.7.